The first-order valence-corrected chi connectivity index (χ1v) is 13.3. The van der Waals surface area contributed by atoms with Gasteiger partial charge < -0.3 is 15.2 Å². The summed E-state index contributed by atoms with van der Waals surface area (Å²) in [6.45, 7) is 1.77. The molecule has 1 amide bonds. The van der Waals surface area contributed by atoms with E-state index in [0.29, 0.717) is 28.5 Å². The van der Waals surface area contributed by atoms with Crippen molar-refractivity contribution in [3.63, 3.8) is 0 Å². The van der Waals surface area contributed by atoms with Crippen molar-refractivity contribution in [3.05, 3.63) is 81.8 Å². The van der Waals surface area contributed by atoms with Crippen LogP contribution in [0.3, 0.4) is 0 Å². The van der Waals surface area contributed by atoms with Crippen molar-refractivity contribution >= 4 is 67.1 Å². The Labute approximate surface area is 256 Å². The average molecular weight is 596 g/mol. The van der Waals surface area contributed by atoms with Crippen LogP contribution in [0.25, 0.3) is 10.8 Å². The standard InChI is InChI=1S/C26H21Cl2N3O6S.Na/c1-3-14-11-12-19(25(21(14)27)38(34,35)36)30-31-23-16-8-5-4-7-15(16)13-17(24(23)32)26(33)29-18-9-6-10-20(37-2)22(18)28;/h4-13,32H,3H2,1-2H3,(H,29,33)(H,34,35,36);/q;+1/p-1. The molecule has 0 unspecified atom stereocenters. The summed E-state index contributed by atoms with van der Waals surface area (Å²) in [5.74, 6) is -1.17. The van der Waals surface area contributed by atoms with E-state index in [2.05, 4.69) is 15.5 Å². The molecule has 0 aromatic heterocycles. The Kier molecular flexibility index (Phi) is 10.0. The molecule has 39 heavy (non-hydrogen) atoms. The third kappa shape index (κ3) is 6.38. The Morgan fingerprint density at radius 2 is 1.77 bits per heavy atom. The molecule has 0 atom stereocenters. The number of hydrogen-bond acceptors (Lipinski definition) is 7. The third-order valence-electron chi connectivity index (χ3n) is 5.70. The normalized spacial score (nSPS) is 11.4. The number of benzene rings is 4. The molecule has 0 radical (unpaired) electrons. The van der Waals surface area contributed by atoms with Crippen LogP contribution >= 0.6 is 23.2 Å². The summed E-state index contributed by atoms with van der Waals surface area (Å²) in [5, 5.41) is 24.8. The molecule has 0 aliphatic carbocycles. The van der Waals surface area contributed by atoms with Gasteiger partial charge in [0.05, 0.1) is 23.5 Å². The number of aryl methyl sites for hydroxylation is 1. The number of fused-ring (bicyclic) bond motifs is 1. The van der Waals surface area contributed by atoms with Crippen LogP contribution in [0, 0.1) is 0 Å². The molecule has 4 aromatic carbocycles. The van der Waals surface area contributed by atoms with Gasteiger partial charge in [-0.05, 0) is 41.6 Å². The second kappa shape index (κ2) is 12.6. The summed E-state index contributed by atoms with van der Waals surface area (Å²) in [4.78, 5) is 12.5. The zero-order valence-corrected chi connectivity index (χ0v) is 25.4. The van der Waals surface area contributed by atoms with E-state index in [4.69, 9.17) is 27.9 Å². The van der Waals surface area contributed by atoms with Crippen LogP contribution in [-0.2, 0) is 16.5 Å². The van der Waals surface area contributed by atoms with E-state index in [1.165, 1.54) is 19.2 Å². The fourth-order valence-corrected chi connectivity index (χ4v) is 5.39. The van der Waals surface area contributed by atoms with Gasteiger partial charge in [-0.3, -0.25) is 9.35 Å². The first-order chi connectivity index (χ1) is 18.1. The number of carbonyl (C=O) groups is 1. The van der Waals surface area contributed by atoms with Gasteiger partial charge in [0.1, 0.15) is 21.4 Å². The number of nitrogens with zero attached hydrogens (tertiary/aromatic N) is 2. The average Bonchev–Trinajstić information content (AvgIpc) is 2.88. The Bertz CT molecular complexity index is 1710. The number of nitrogens with one attached hydrogen (secondary N) is 1. The molecule has 0 saturated carbocycles. The minimum absolute atomic E-state index is 0. The number of rotatable bonds is 7. The molecule has 13 heteroatoms. The quantitative estimate of drug-likeness (QED) is 0.189. The van der Waals surface area contributed by atoms with Gasteiger partial charge >= 0.3 is 29.6 Å². The molecule has 0 heterocycles. The van der Waals surface area contributed by atoms with Crippen LogP contribution in [-0.4, -0.2) is 26.0 Å². The summed E-state index contributed by atoms with van der Waals surface area (Å²) in [7, 11) is -3.34. The monoisotopic (exact) mass is 595 g/mol. The van der Waals surface area contributed by atoms with Gasteiger partial charge in [0.2, 0.25) is 0 Å². The smallest absolute Gasteiger partial charge is 0.870 e. The van der Waals surface area contributed by atoms with Crippen molar-refractivity contribution in [2.75, 3.05) is 12.4 Å². The van der Waals surface area contributed by atoms with Crippen molar-refractivity contribution in [1.82, 2.24) is 0 Å². The summed E-state index contributed by atoms with van der Waals surface area (Å²) in [6.07, 6.45) is 0.405. The molecule has 0 aliphatic heterocycles. The molecule has 0 saturated heterocycles. The molecule has 4 rings (SSSR count). The Hall–Kier alpha value is -2.70. The predicted molar refractivity (Wildman–Crippen MR) is 144 cm³/mol. The van der Waals surface area contributed by atoms with Crippen LogP contribution in [0.15, 0.2) is 75.8 Å². The van der Waals surface area contributed by atoms with Crippen molar-refractivity contribution in [1.29, 1.82) is 0 Å². The van der Waals surface area contributed by atoms with Gasteiger partial charge in [-0.15, -0.1) is 5.11 Å². The van der Waals surface area contributed by atoms with Crippen LogP contribution in [0.1, 0.15) is 22.8 Å². The number of hydrogen-bond donors (Lipinski definition) is 2. The van der Waals surface area contributed by atoms with Crippen LogP contribution in [0.4, 0.5) is 17.1 Å². The molecule has 0 aliphatic rings. The van der Waals surface area contributed by atoms with Crippen molar-refractivity contribution < 1.29 is 57.2 Å². The molecule has 4 aromatic rings. The van der Waals surface area contributed by atoms with E-state index in [9.17, 15) is 22.9 Å². The molecule has 196 valence electrons. The molecule has 0 fully saturated rings. The van der Waals surface area contributed by atoms with E-state index in [-0.39, 0.29) is 62.2 Å². The second-order valence-corrected chi connectivity index (χ2v) is 10.1. The number of methoxy groups -OCH3 is 1. The van der Waals surface area contributed by atoms with Gasteiger partial charge in [-0.1, -0.05) is 72.3 Å². The van der Waals surface area contributed by atoms with Crippen LogP contribution in [0.2, 0.25) is 10.0 Å². The molecule has 0 spiro atoms. The zero-order valence-electron chi connectivity index (χ0n) is 21.0. The predicted octanol–water partition coefficient (Wildman–Crippen LogP) is 3.71. The van der Waals surface area contributed by atoms with Crippen molar-refractivity contribution in [2.45, 2.75) is 18.2 Å². The van der Waals surface area contributed by atoms with Gasteiger partial charge in [0.15, 0.2) is 0 Å². The molecular formula is C26H20Cl2N3NaO6S. The maximum Gasteiger partial charge on any atom is 1.00 e. The van der Waals surface area contributed by atoms with Gasteiger partial charge in [0, 0.05) is 10.9 Å². The summed E-state index contributed by atoms with van der Waals surface area (Å²) >= 11 is 12.5. The Balaban J connectivity index is 0.00000420. The minimum atomic E-state index is -4.77. The Morgan fingerprint density at radius 3 is 2.44 bits per heavy atom. The van der Waals surface area contributed by atoms with Crippen LogP contribution in [0.5, 0.6) is 11.5 Å². The molecule has 2 N–H and O–H groups in total. The van der Waals surface area contributed by atoms with Gasteiger partial charge in [0.25, 0.3) is 16.0 Å². The first-order valence-electron chi connectivity index (χ1n) is 11.1. The zero-order chi connectivity index (χ0) is 27.6. The summed E-state index contributed by atoms with van der Waals surface area (Å²) in [5.41, 5.74) is -0.0117. The summed E-state index contributed by atoms with van der Waals surface area (Å²) < 4.78 is 39.0. The fraction of sp³-hybridized carbons (Fsp3) is 0.115. The van der Waals surface area contributed by atoms with E-state index in [1.807, 2.05) is 0 Å². The molecule has 9 nitrogen and oxygen atoms in total. The second-order valence-electron chi connectivity index (χ2n) is 8.01. The third-order valence-corrected chi connectivity index (χ3v) is 7.57. The SMILES string of the molecule is CCc1ccc(N=Nc2c([O-])c(C(=O)Nc3cccc(OC)c3Cl)cc3ccccc23)c(S(=O)(=O)O)c1Cl.[Na+]. The number of carbonyl (C=O) groups excluding carboxylic acids is 1. The summed E-state index contributed by atoms with van der Waals surface area (Å²) in [6, 6.07) is 15.8. The van der Waals surface area contributed by atoms with Crippen molar-refractivity contribution in [2.24, 2.45) is 10.2 Å². The van der Waals surface area contributed by atoms with Gasteiger partial charge in [-0.2, -0.15) is 13.5 Å². The number of halogens is 2. The number of ether oxygens (including phenoxy) is 1. The fourth-order valence-electron chi connectivity index (χ4n) is 3.82. The first kappa shape index (κ1) is 30.8. The molecule has 0 bridgehead atoms. The number of azo groups is 1. The Morgan fingerprint density at radius 1 is 1.05 bits per heavy atom. The van der Waals surface area contributed by atoms with E-state index >= 15 is 0 Å². The van der Waals surface area contributed by atoms with E-state index in [1.54, 1.807) is 55.5 Å². The van der Waals surface area contributed by atoms with Crippen molar-refractivity contribution in [3.8, 4) is 11.5 Å². The number of amides is 1. The minimum Gasteiger partial charge on any atom is -0.870 e. The maximum absolute atomic E-state index is 13.4. The van der Waals surface area contributed by atoms with Gasteiger partial charge in [-0.25, -0.2) is 0 Å². The number of anilines is 1. The van der Waals surface area contributed by atoms with E-state index < -0.39 is 26.7 Å². The largest absolute Gasteiger partial charge is 1.00 e. The molecular weight excluding hydrogens is 576 g/mol. The van der Waals surface area contributed by atoms with E-state index in [0.717, 1.165) is 0 Å². The maximum atomic E-state index is 13.4. The van der Waals surface area contributed by atoms with Crippen LogP contribution < -0.4 is 44.7 Å². The topological polar surface area (TPSA) is 140 Å².